The van der Waals surface area contributed by atoms with Gasteiger partial charge in [0.15, 0.2) is 0 Å². The Bertz CT molecular complexity index is 867. The molecule has 0 aliphatic rings. The van der Waals surface area contributed by atoms with E-state index >= 15 is 0 Å². The minimum absolute atomic E-state index is 0.0531. The van der Waals surface area contributed by atoms with Crippen LogP contribution in [0.3, 0.4) is 0 Å². The smallest absolute Gasteiger partial charge is 0.328 e. The van der Waals surface area contributed by atoms with Gasteiger partial charge in [0.05, 0.1) is 6.61 Å². The molecule has 0 bridgehead atoms. The van der Waals surface area contributed by atoms with Gasteiger partial charge < -0.3 is 9.84 Å². The van der Waals surface area contributed by atoms with E-state index in [0.717, 1.165) is 24.4 Å². The van der Waals surface area contributed by atoms with E-state index in [1.165, 1.54) is 61.3 Å². The summed E-state index contributed by atoms with van der Waals surface area (Å²) in [4.78, 5) is 10.9. The molecule has 0 aliphatic heterocycles. The molecule has 3 heteroatoms. The van der Waals surface area contributed by atoms with Crippen LogP contribution in [0.5, 0.6) is 5.75 Å². The largest absolute Gasteiger partial charge is 0.493 e. The van der Waals surface area contributed by atoms with Gasteiger partial charge in [0, 0.05) is 17.2 Å². The van der Waals surface area contributed by atoms with Crippen LogP contribution in [-0.4, -0.2) is 17.7 Å². The van der Waals surface area contributed by atoms with Gasteiger partial charge in [-0.1, -0.05) is 105 Å². The molecule has 35 heavy (non-hydrogen) atoms. The summed E-state index contributed by atoms with van der Waals surface area (Å²) in [5.74, 6) is 0.118. The highest BCUT2D eigenvalue weighted by Gasteiger charge is 2.28. The molecule has 0 radical (unpaired) electrons. The van der Waals surface area contributed by atoms with Crippen molar-refractivity contribution in [2.75, 3.05) is 6.61 Å². The lowest BCUT2D eigenvalue weighted by atomic mass is 9.77. The first-order valence-corrected chi connectivity index (χ1v) is 13.4. The Kier molecular flexibility index (Phi) is 12.6. The zero-order chi connectivity index (χ0) is 26.6. The lowest BCUT2D eigenvalue weighted by Crippen LogP contribution is -2.20. The van der Waals surface area contributed by atoms with Gasteiger partial charge in [-0.3, -0.25) is 0 Å². The minimum Gasteiger partial charge on any atom is -0.493 e. The number of allylic oxidation sites excluding steroid dienone is 5. The van der Waals surface area contributed by atoms with Crippen LogP contribution in [0.25, 0.3) is 5.57 Å². The zero-order valence-electron chi connectivity index (χ0n) is 23.9. The number of benzene rings is 1. The molecule has 196 valence electrons. The van der Waals surface area contributed by atoms with Crippen LogP contribution in [-0.2, 0) is 15.6 Å². The summed E-state index contributed by atoms with van der Waals surface area (Å²) < 4.78 is 6.54. The van der Waals surface area contributed by atoms with Gasteiger partial charge in [-0.25, -0.2) is 4.79 Å². The van der Waals surface area contributed by atoms with Crippen molar-refractivity contribution in [3.05, 3.63) is 58.7 Å². The molecule has 0 saturated heterocycles. The summed E-state index contributed by atoms with van der Waals surface area (Å²) in [6.45, 7) is 20.4. The summed E-state index contributed by atoms with van der Waals surface area (Å²) in [6.07, 6.45) is 15.9. The predicted molar refractivity (Wildman–Crippen MR) is 152 cm³/mol. The van der Waals surface area contributed by atoms with Gasteiger partial charge in [-0.2, -0.15) is 0 Å². The second-order valence-corrected chi connectivity index (χ2v) is 11.8. The number of carbonyl (C=O) groups is 1. The van der Waals surface area contributed by atoms with Crippen molar-refractivity contribution in [2.45, 2.75) is 118 Å². The SMILES string of the molecule is CCCCCCCCCOc1c(C(C)(C)C)cc(/C(C)=C/C=C/C(C)=C/C(=O)O)cc1C(C)(C)C. The Morgan fingerprint density at radius 2 is 1.40 bits per heavy atom. The highest BCUT2D eigenvalue weighted by Crippen LogP contribution is 2.42. The molecule has 0 aliphatic carbocycles. The third-order valence-corrected chi connectivity index (χ3v) is 6.21. The topological polar surface area (TPSA) is 46.5 Å². The number of hydrogen-bond acceptors (Lipinski definition) is 2. The molecular formula is C32H50O3. The number of carboxylic acids is 1. The van der Waals surface area contributed by atoms with Crippen molar-refractivity contribution in [3.63, 3.8) is 0 Å². The maximum absolute atomic E-state index is 10.9. The monoisotopic (exact) mass is 482 g/mol. The first-order valence-electron chi connectivity index (χ1n) is 13.4. The van der Waals surface area contributed by atoms with Crippen molar-refractivity contribution in [2.24, 2.45) is 0 Å². The third-order valence-electron chi connectivity index (χ3n) is 6.21. The van der Waals surface area contributed by atoms with Gasteiger partial charge in [-0.15, -0.1) is 0 Å². The first-order chi connectivity index (χ1) is 16.3. The number of rotatable bonds is 13. The molecule has 0 aromatic heterocycles. The van der Waals surface area contributed by atoms with Crippen LogP contribution in [0.2, 0.25) is 0 Å². The molecule has 0 amide bonds. The van der Waals surface area contributed by atoms with E-state index in [1.54, 1.807) is 6.92 Å². The molecule has 3 nitrogen and oxygen atoms in total. The average Bonchev–Trinajstić information content (AvgIpc) is 2.73. The number of aliphatic carboxylic acids is 1. The molecular weight excluding hydrogens is 432 g/mol. The van der Waals surface area contributed by atoms with Crippen LogP contribution in [0.15, 0.2) is 42.0 Å². The highest BCUT2D eigenvalue weighted by molar-refractivity contribution is 5.81. The minimum atomic E-state index is -0.926. The molecule has 0 unspecified atom stereocenters. The fourth-order valence-corrected chi connectivity index (χ4v) is 4.04. The fraction of sp³-hybridized carbons (Fsp3) is 0.594. The molecule has 0 fully saturated rings. The number of ether oxygens (including phenoxy) is 1. The van der Waals surface area contributed by atoms with Gasteiger partial charge >= 0.3 is 5.97 Å². The molecule has 1 N–H and O–H groups in total. The highest BCUT2D eigenvalue weighted by atomic mass is 16.5. The van der Waals surface area contributed by atoms with Crippen molar-refractivity contribution >= 4 is 11.5 Å². The van der Waals surface area contributed by atoms with Crippen molar-refractivity contribution in [1.29, 1.82) is 0 Å². The number of carboxylic acid groups (broad SMARTS) is 1. The van der Waals surface area contributed by atoms with Crippen LogP contribution < -0.4 is 4.74 Å². The van der Waals surface area contributed by atoms with Gasteiger partial charge in [0.2, 0.25) is 0 Å². The standard InChI is InChI=1S/C32H50O3/c1-10-11-12-13-14-15-16-20-35-30-27(31(4,5)6)22-26(23-28(30)32(7,8)9)25(3)19-17-18-24(2)21-29(33)34/h17-19,21-23H,10-16,20H2,1-9H3,(H,33,34)/b18-17+,24-21+,25-19+. The van der Waals surface area contributed by atoms with Crippen LogP contribution in [0.4, 0.5) is 0 Å². The maximum atomic E-state index is 10.9. The fourth-order valence-electron chi connectivity index (χ4n) is 4.04. The Morgan fingerprint density at radius 3 is 1.89 bits per heavy atom. The zero-order valence-corrected chi connectivity index (χ0v) is 23.9. The van der Waals surface area contributed by atoms with Crippen molar-refractivity contribution in [3.8, 4) is 5.75 Å². The maximum Gasteiger partial charge on any atom is 0.328 e. The van der Waals surface area contributed by atoms with E-state index in [0.29, 0.717) is 5.57 Å². The Hall–Kier alpha value is -2.29. The van der Waals surface area contributed by atoms with Crippen LogP contribution in [0.1, 0.15) is 124 Å². The third kappa shape index (κ3) is 11.3. The number of unbranched alkanes of at least 4 members (excludes halogenated alkanes) is 6. The lowest BCUT2D eigenvalue weighted by molar-refractivity contribution is -0.131. The summed E-state index contributed by atoms with van der Waals surface area (Å²) in [7, 11) is 0. The first kappa shape index (κ1) is 30.7. The number of hydrogen-bond donors (Lipinski definition) is 1. The summed E-state index contributed by atoms with van der Waals surface area (Å²) in [5, 5.41) is 8.91. The Labute approximate surface area is 215 Å². The van der Waals surface area contributed by atoms with Gasteiger partial charge in [0.25, 0.3) is 0 Å². The molecule has 0 saturated carbocycles. The molecule has 1 aromatic rings. The van der Waals surface area contributed by atoms with Crippen LogP contribution in [0, 0.1) is 0 Å². The molecule has 1 rings (SSSR count). The second kappa shape index (κ2) is 14.3. The molecule has 0 heterocycles. The van der Waals surface area contributed by atoms with E-state index in [2.05, 4.69) is 67.5 Å². The van der Waals surface area contributed by atoms with Gasteiger partial charge in [0.1, 0.15) is 5.75 Å². The summed E-state index contributed by atoms with van der Waals surface area (Å²) >= 11 is 0. The molecule has 0 spiro atoms. The van der Waals surface area contributed by atoms with Crippen molar-refractivity contribution < 1.29 is 14.6 Å². The lowest BCUT2D eigenvalue weighted by Gasteiger charge is -2.31. The average molecular weight is 483 g/mol. The normalized spacial score (nSPS) is 13.5. The van der Waals surface area contributed by atoms with Crippen LogP contribution >= 0.6 is 0 Å². The quantitative estimate of drug-likeness (QED) is 0.173. The van der Waals surface area contributed by atoms with E-state index in [4.69, 9.17) is 9.84 Å². The Balaban J connectivity index is 3.22. The summed E-state index contributed by atoms with van der Waals surface area (Å²) in [5.41, 5.74) is 5.39. The summed E-state index contributed by atoms with van der Waals surface area (Å²) in [6, 6.07) is 4.55. The van der Waals surface area contributed by atoms with E-state index in [-0.39, 0.29) is 10.8 Å². The molecule has 0 atom stereocenters. The van der Waals surface area contributed by atoms with Crippen molar-refractivity contribution in [1.82, 2.24) is 0 Å². The predicted octanol–water partition coefficient (Wildman–Crippen LogP) is 9.40. The molecule has 1 aromatic carbocycles. The van der Waals surface area contributed by atoms with E-state index in [1.807, 2.05) is 18.2 Å². The Morgan fingerprint density at radius 1 is 0.886 bits per heavy atom. The van der Waals surface area contributed by atoms with E-state index in [9.17, 15) is 4.79 Å². The van der Waals surface area contributed by atoms with E-state index < -0.39 is 5.97 Å². The van der Waals surface area contributed by atoms with Gasteiger partial charge in [-0.05, 0) is 59.9 Å². The second-order valence-electron chi connectivity index (χ2n) is 11.8.